The number of hydrogen-bond donors (Lipinski definition) is 1. The number of hydrogen-bond acceptors (Lipinski definition) is 3. The fraction of sp³-hybridized carbons (Fsp3) is 0.441. The number of ether oxygens (including phenoxy) is 2. The molecule has 0 amide bonds. The highest BCUT2D eigenvalue weighted by Gasteiger charge is 2.37. The van der Waals surface area contributed by atoms with E-state index >= 15 is 0 Å². The molecule has 1 N–H and O–H groups in total. The van der Waals surface area contributed by atoms with E-state index in [0.29, 0.717) is 23.8 Å². The Morgan fingerprint density at radius 3 is 2.36 bits per heavy atom. The predicted octanol–water partition coefficient (Wildman–Crippen LogP) is 8.59. The van der Waals surface area contributed by atoms with Crippen LogP contribution in [0.1, 0.15) is 81.5 Å². The zero-order valence-corrected chi connectivity index (χ0v) is 23.9. The summed E-state index contributed by atoms with van der Waals surface area (Å²) in [6.45, 7) is 8.47. The molecule has 4 nitrogen and oxygen atoms in total. The number of aryl methyl sites for hydroxylation is 2. The molecular formula is C34H41FO4. The van der Waals surface area contributed by atoms with Crippen molar-refractivity contribution in [3.8, 4) is 22.6 Å². The van der Waals surface area contributed by atoms with Crippen LogP contribution >= 0.6 is 0 Å². The second kappa shape index (κ2) is 12.2. The Labute approximate surface area is 232 Å². The van der Waals surface area contributed by atoms with E-state index in [1.807, 2.05) is 6.07 Å². The highest BCUT2D eigenvalue weighted by molar-refractivity contribution is 5.71. The summed E-state index contributed by atoms with van der Waals surface area (Å²) in [5.74, 6) is 0.807. The van der Waals surface area contributed by atoms with Crippen molar-refractivity contribution in [1.82, 2.24) is 0 Å². The topological polar surface area (TPSA) is 55.8 Å². The minimum Gasteiger partial charge on any atom is -0.497 e. The second-order valence-electron chi connectivity index (χ2n) is 11.8. The van der Waals surface area contributed by atoms with Crippen molar-refractivity contribution in [1.29, 1.82) is 0 Å². The highest BCUT2D eigenvalue weighted by Crippen LogP contribution is 2.51. The lowest BCUT2D eigenvalue weighted by molar-refractivity contribution is -0.140. The van der Waals surface area contributed by atoms with Gasteiger partial charge in [-0.25, -0.2) is 4.39 Å². The minimum absolute atomic E-state index is 0.184. The average Bonchev–Trinajstić information content (AvgIpc) is 3.53. The number of carboxylic acid groups (broad SMARTS) is 1. The first kappa shape index (κ1) is 28.7. The Balaban J connectivity index is 0.000000531. The molecule has 0 aromatic heterocycles. The largest absolute Gasteiger partial charge is 0.497 e. The molecule has 3 aromatic carbocycles. The van der Waals surface area contributed by atoms with Gasteiger partial charge >= 0.3 is 5.97 Å². The van der Waals surface area contributed by atoms with Crippen molar-refractivity contribution >= 4 is 5.97 Å². The maximum atomic E-state index is 14.9. The molecule has 0 saturated heterocycles. The molecule has 208 valence electrons. The van der Waals surface area contributed by atoms with Crippen molar-refractivity contribution in [2.24, 2.45) is 11.3 Å². The van der Waals surface area contributed by atoms with E-state index in [1.165, 1.54) is 48.4 Å². The van der Waals surface area contributed by atoms with Crippen LogP contribution in [0.25, 0.3) is 11.1 Å². The van der Waals surface area contributed by atoms with Crippen LogP contribution in [0.15, 0.2) is 54.6 Å². The van der Waals surface area contributed by atoms with Crippen LogP contribution in [0.3, 0.4) is 0 Å². The van der Waals surface area contributed by atoms with Gasteiger partial charge in [0.2, 0.25) is 0 Å². The molecule has 39 heavy (non-hydrogen) atoms. The molecule has 1 atom stereocenters. The predicted molar refractivity (Wildman–Crippen MR) is 154 cm³/mol. The Morgan fingerprint density at radius 1 is 0.974 bits per heavy atom. The smallest absolute Gasteiger partial charge is 0.305 e. The number of halogens is 1. The second-order valence-corrected chi connectivity index (χ2v) is 11.8. The summed E-state index contributed by atoms with van der Waals surface area (Å²) >= 11 is 0. The van der Waals surface area contributed by atoms with Crippen LogP contribution in [0.4, 0.5) is 4.39 Å². The SMILES string of the molecule is CC(C)C(=O)O.COc1ccc(F)c(-c2ccc(COc3ccc4c(c3)CCC4)cc2C2CCCC2(C)C)c1. The summed E-state index contributed by atoms with van der Waals surface area (Å²) in [7, 11) is 1.62. The fourth-order valence-electron chi connectivity index (χ4n) is 5.78. The van der Waals surface area contributed by atoms with Gasteiger partial charge in [-0.1, -0.05) is 58.4 Å². The van der Waals surface area contributed by atoms with Gasteiger partial charge in [-0.15, -0.1) is 0 Å². The number of benzene rings is 3. The van der Waals surface area contributed by atoms with E-state index in [9.17, 15) is 9.18 Å². The molecule has 0 spiro atoms. The van der Waals surface area contributed by atoms with Gasteiger partial charge < -0.3 is 14.6 Å². The Kier molecular flexibility index (Phi) is 8.99. The van der Waals surface area contributed by atoms with Gasteiger partial charge in [-0.3, -0.25) is 4.79 Å². The Morgan fingerprint density at radius 2 is 1.69 bits per heavy atom. The normalized spacial score (nSPS) is 17.4. The van der Waals surface area contributed by atoms with Crippen molar-refractivity contribution in [3.05, 3.63) is 82.7 Å². The van der Waals surface area contributed by atoms with Crippen LogP contribution in [0, 0.1) is 17.2 Å². The summed E-state index contributed by atoms with van der Waals surface area (Å²) in [6.07, 6.45) is 7.08. The molecule has 3 aromatic rings. The van der Waals surface area contributed by atoms with Gasteiger partial charge in [0, 0.05) is 5.56 Å². The average molecular weight is 533 g/mol. The molecule has 0 aliphatic heterocycles. The van der Waals surface area contributed by atoms with Gasteiger partial charge in [-0.05, 0) is 102 Å². The quantitative estimate of drug-likeness (QED) is 0.331. The molecule has 1 fully saturated rings. The van der Waals surface area contributed by atoms with Gasteiger partial charge in [0.1, 0.15) is 23.9 Å². The van der Waals surface area contributed by atoms with Crippen molar-refractivity contribution < 1.29 is 23.8 Å². The third kappa shape index (κ3) is 6.81. The molecular weight excluding hydrogens is 491 g/mol. The first-order chi connectivity index (χ1) is 18.6. The minimum atomic E-state index is -0.741. The maximum Gasteiger partial charge on any atom is 0.305 e. The van der Waals surface area contributed by atoms with Gasteiger partial charge in [0.05, 0.1) is 13.0 Å². The number of fused-ring (bicyclic) bond motifs is 1. The summed E-state index contributed by atoms with van der Waals surface area (Å²) in [5.41, 5.74) is 6.98. The molecule has 0 radical (unpaired) electrons. The van der Waals surface area contributed by atoms with E-state index in [2.05, 4.69) is 50.2 Å². The molecule has 2 aliphatic rings. The van der Waals surface area contributed by atoms with E-state index in [-0.39, 0.29) is 17.2 Å². The summed E-state index contributed by atoms with van der Waals surface area (Å²) in [5, 5.41) is 7.99. The van der Waals surface area contributed by atoms with E-state index < -0.39 is 5.97 Å². The van der Waals surface area contributed by atoms with Crippen molar-refractivity contribution in [3.63, 3.8) is 0 Å². The lowest BCUT2D eigenvalue weighted by Gasteiger charge is -2.30. The maximum absolute atomic E-state index is 14.9. The Hall–Kier alpha value is -3.34. The lowest BCUT2D eigenvalue weighted by Crippen LogP contribution is -2.17. The molecule has 2 aliphatic carbocycles. The number of aliphatic carboxylic acids is 1. The first-order valence-electron chi connectivity index (χ1n) is 14.0. The fourth-order valence-corrected chi connectivity index (χ4v) is 5.78. The van der Waals surface area contributed by atoms with Gasteiger partial charge in [-0.2, -0.15) is 0 Å². The van der Waals surface area contributed by atoms with Gasteiger partial charge in [0.25, 0.3) is 0 Å². The first-order valence-corrected chi connectivity index (χ1v) is 14.0. The van der Waals surface area contributed by atoms with Crippen molar-refractivity contribution in [2.75, 3.05) is 7.11 Å². The van der Waals surface area contributed by atoms with Crippen LogP contribution < -0.4 is 9.47 Å². The molecule has 5 heteroatoms. The van der Waals surface area contributed by atoms with E-state index in [4.69, 9.17) is 14.6 Å². The molecule has 1 unspecified atom stereocenters. The zero-order valence-electron chi connectivity index (χ0n) is 23.9. The number of methoxy groups -OCH3 is 1. The highest BCUT2D eigenvalue weighted by atomic mass is 19.1. The molecule has 0 heterocycles. The van der Waals surface area contributed by atoms with Gasteiger partial charge in [0.15, 0.2) is 0 Å². The number of carbonyl (C=O) groups is 1. The Bertz CT molecular complexity index is 1310. The van der Waals surface area contributed by atoms with Crippen molar-refractivity contribution in [2.45, 2.75) is 78.7 Å². The lowest BCUT2D eigenvalue weighted by atomic mass is 9.75. The molecule has 5 rings (SSSR count). The standard InChI is InChI=1S/C30H33FO2.C4H8O2/c1-30(2)15-5-8-28(30)26-16-20(19-33-24-11-10-21-6-4-7-22(21)17-24)9-13-25(26)27-18-23(32-3)12-14-29(27)31;1-3(2)4(5)6/h9-14,16-18,28H,4-8,15,19H2,1-3H3;3H,1-2H3,(H,5,6). The third-order valence-corrected chi connectivity index (χ3v) is 8.18. The third-order valence-electron chi connectivity index (χ3n) is 8.18. The van der Waals surface area contributed by atoms with E-state index in [1.54, 1.807) is 27.0 Å². The summed E-state index contributed by atoms with van der Waals surface area (Å²) in [4.78, 5) is 9.70. The number of rotatable bonds is 7. The number of carboxylic acids is 1. The molecule has 1 saturated carbocycles. The molecule has 0 bridgehead atoms. The van der Waals surface area contributed by atoms with Crippen LogP contribution in [-0.4, -0.2) is 18.2 Å². The monoisotopic (exact) mass is 532 g/mol. The zero-order chi connectivity index (χ0) is 28.2. The van der Waals surface area contributed by atoms with Crippen LogP contribution in [0.2, 0.25) is 0 Å². The van der Waals surface area contributed by atoms with E-state index in [0.717, 1.165) is 29.7 Å². The van der Waals surface area contributed by atoms with Crippen LogP contribution in [0.5, 0.6) is 11.5 Å². The summed E-state index contributed by atoms with van der Waals surface area (Å²) in [6, 6.07) is 17.9. The van der Waals surface area contributed by atoms with Crippen LogP contribution in [-0.2, 0) is 24.2 Å². The summed E-state index contributed by atoms with van der Waals surface area (Å²) < 4.78 is 26.5.